The number of hydrogen-bond donors (Lipinski definition) is 0. The van der Waals surface area contributed by atoms with E-state index in [4.69, 9.17) is 0 Å². The predicted molar refractivity (Wildman–Crippen MR) is 81.0 cm³/mol. The maximum atomic E-state index is 3.46. The van der Waals surface area contributed by atoms with Gasteiger partial charge in [0.2, 0.25) is 0 Å². The molecule has 17 heavy (non-hydrogen) atoms. The normalized spacial score (nSPS) is 10.3. The topological polar surface area (TPSA) is 3.24 Å². The van der Waals surface area contributed by atoms with Crippen LogP contribution in [-0.4, -0.2) is 6.54 Å². The highest BCUT2D eigenvalue weighted by Crippen LogP contribution is 2.27. The van der Waals surface area contributed by atoms with E-state index < -0.39 is 0 Å². The van der Waals surface area contributed by atoms with Gasteiger partial charge in [0.1, 0.15) is 0 Å². The average molecular weight is 355 g/mol. The number of benzene rings is 2. The molecule has 0 N–H and O–H groups in total. The van der Waals surface area contributed by atoms with Gasteiger partial charge in [-0.2, -0.15) is 0 Å². The van der Waals surface area contributed by atoms with E-state index in [1.807, 2.05) is 0 Å². The van der Waals surface area contributed by atoms with Crippen molar-refractivity contribution >= 4 is 43.2 Å². The fourth-order valence-corrected chi connectivity index (χ4v) is 2.28. The quantitative estimate of drug-likeness (QED) is 0.716. The summed E-state index contributed by atoms with van der Waals surface area (Å²) in [6.07, 6.45) is 0. The minimum Gasteiger partial charge on any atom is -0.342 e. The average Bonchev–Trinajstić information content (AvgIpc) is 2.35. The van der Waals surface area contributed by atoms with Gasteiger partial charge in [0.15, 0.2) is 0 Å². The van der Waals surface area contributed by atoms with E-state index in [1.54, 1.807) is 0 Å². The molecule has 0 unspecified atom stereocenters. The molecule has 0 aliphatic carbocycles. The van der Waals surface area contributed by atoms with Gasteiger partial charge in [0, 0.05) is 26.9 Å². The molecule has 0 aliphatic rings. The van der Waals surface area contributed by atoms with Gasteiger partial charge >= 0.3 is 0 Å². The third-order valence-electron chi connectivity index (χ3n) is 2.59. The Labute approximate surface area is 119 Å². The predicted octanol–water partition coefficient (Wildman–Crippen LogP) is 5.37. The Kier molecular flexibility index (Phi) is 4.24. The summed E-state index contributed by atoms with van der Waals surface area (Å²) >= 11 is 6.92. The van der Waals surface area contributed by atoms with Crippen LogP contribution in [0.3, 0.4) is 0 Å². The molecular weight excluding hydrogens is 342 g/mol. The fourth-order valence-electron chi connectivity index (χ4n) is 1.76. The lowest BCUT2D eigenvalue weighted by molar-refractivity contribution is 1.02. The first-order valence-electron chi connectivity index (χ1n) is 5.49. The number of anilines is 2. The lowest BCUT2D eigenvalue weighted by Crippen LogP contribution is -2.15. The summed E-state index contributed by atoms with van der Waals surface area (Å²) in [5.41, 5.74) is 2.41. The van der Waals surface area contributed by atoms with Crippen molar-refractivity contribution in [3.8, 4) is 0 Å². The van der Waals surface area contributed by atoms with Crippen molar-refractivity contribution < 1.29 is 0 Å². The molecule has 0 radical (unpaired) electrons. The molecule has 88 valence electrons. The van der Waals surface area contributed by atoms with Gasteiger partial charge in [-0.05, 0) is 55.5 Å². The molecule has 2 aromatic rings. The van der Waals surface area contributed by atoms with Crippen molar-refractivity contribution in [3.63, 3.8) is 0 Å². The first-order valence-corrected chi connectivity index (χ1v) is 7.08. The van der Waals surface area contributed by atoms with Crippen LogP contribution in [0.5, 0.6) is 0 Å². The maximum absolute atomic E-state index is 3.46. The highest BCUT2D eigenvalue weighted by atomic mass is 79.9. The minimum absolute atomic E-state index is 0.948. The molecule has 0 aromatic heterocycles. The smallest absolute Gasteiger partial charge is 0.0411 e. The fraction of sp³-hybridized carbons (Fsp3) is 0.143. The SMILES string of the molecule is CCN(c1ccc(Br)cc1)c1ccc(Br)cc1. The summed E-state index contributed by atoms with van der Waals surface area (Å²) in [7, 11) is 0. The number of hydrogen-bond acceptors (Lipinski definition) is 1. The van der Waals surface area contributed by atoms with E-state index >= 15 is 0 Å². The molecule has 0 saturated heterocycles. The molecule has 0 atom stereocenters. The Balaban J connectivity index is 2.33. The molecule has 2 rings (SSSR count). The molecule has 0 heterocycles. The molecule has 0 saturated carbocycles. The van der Waals surface area contributed by atoms with Crippen LogP contribution in [0.4, 0.5) is 11.4 Å². The summed E-state index contributed by atoms with van der Waals surface area (Å²) in [6, 6.07) is 16.7. The standard InChI is InChI=1S/C14H13Br2N/c1-2-17(13-7-3-11(15)4-8-13)14-9-5-12(16)6-10-14/h3-10H,2H2,1H3. The first kappa shape index (κ1) is 12.7. The molecule has 3 heteroatoms. The second-order valence-electron chi connectivity index (χ2n) is 3.70. The molecule has 0 aliphatic heterocycles. The Morgan fingerprint density at radius 1 is 0.765 bits per heavy atom. The Bertz CT molecular complexity index is 431. The lowest BCUT2D eigenvalue weighted by atomic mass is 10.2. The second kappa shape index (κ2) is 5.69. The molecule has 2 aromatic carbocycles. The summed E-state index contributed by atoms with van der Waals surface area (Å²) in [5, 5.41) is 0. The zero-order chi connectivity index (χ0) is 12.3. The van der Waals surface area contributed by atoms with Crippen LogP contribution >= 0.6 is 31.9 Å². The summed E-state index contributed by atoms with van der Waals surface area (Å²) in [5.74, 6) is 0. The molecule has 0 fully saturated rings. The van der Waals surface area contributed by atoms with Crippen molar-refractivity contribution in [2.24, 2.45) is 0 Å². The molecule has 1 nitrogen and oxygen atoms in total. The largest absolute Gasteiger partial charge is 0.342 e. The van der Waals surface area contributed by atoms with Crippen LogP contribution in [0, 0.1) is 0 Å². The molecular formula is C14H13Br2N. The summed E-state index contributed by atoms with van der Waals surface area (Å²) in [4.78, 5) is 2.28. The van der Waals surface area contributed by atoms with E-state index in [0.29, 0.717) is 0 Å². The zero-order valence-electron chi connectivity index (χ0n) is 9.53. The second-order valence-corrected chi connectivity index (χ2v) is 5.53. The van der Waals surface area contributed by atoms with Gasteiger partial charge in [-0.15, -0.1) is 0 Å². The highest BCUT2D eigenvalue weighted by molar-refractivity contribution is 9.10. The Morgan fingerprint density at radius 2 is 1.12 bits per heavy atom. The number of rotatable bonds is 3. The third-order valence-corrected chi connectivity index (χ3v) is 3.65. The van der Waals surface area contributed by atoms with Gasteiger partial charge in [-0.1, -0.05) is 31.9 Å². The number of halogens is 2. The van der Waals surface area contributed by atoms with E-state index in [2.05, 4.69) is 92.2 Å². The molecule has 0 spiro atoms. The van der Waals surface area contributed by atoms with Gasteiger partial charge in [0.05, 0.1) is 0 Å². The van der Waals surface area contributed by atoms with E-state index in [0.717, 1.165) is 15.5 Å². The first-order chi connectivity index (χ1) is 8.20. The van der Waals surface area contributed by atoms with Crippen molar-refractivity contribution in [2.75, 3.05) is 11.4 Å². The van der Waals surface area contributed by atoms with Gasteiger partial charge < -0.3 is 4.90 Å². The van der Waals surface area contributed by atoms with Crippen molar-refractivity contribution in [1.29, 1.82) is 0 Å². The van der Waals surface area contributed by atoms with Crippen LogP contribution in [0.15, 0.2) is 57.5 Å². The lowest BCUT2D eigenvalue weighted by Gasteiger charge is -2.23. The monoisotopic (exact) mass is 353 g/mol. The number of nitrogens with zero attached hydrogens (tertiary/aromatic N) is 1. The van der Waals surface area contributed by atoms with Gasteiger partial charge in [-0.25, -0.2) is 0 Å². The maximum Gasteiger partial charge on any atom is 0.0411 e. The Hall–Kier alpha value is -0.800. The van der Waals surface area contributed by atoms with Crippen molar-refractivity contribution in [3.05, 3.63) is 57.5 Å². The van der Waals surface area contributed by atoms with Crippen LogP contribution in [0.2, 0.25) is 0 Å². The van der Waals surface area contributed by atoms with Gasteiger partial charge in [0.25, 0.3) is 0 Å². The van der Waals surface area contributed by atoms with Crippen molar-refractivity contribution in [1.82, 2.24) is 0 Å². The Morgan fingerprint density at radius 3 is 1.41 bits per heavy atom. The van der Waals surface area contributed by atoms with Gasteiger partial charge in [-0.3, -0.25) is 0 Å². The zero-order valence-corrected chi connectivity index (χ0v) is 12.7. The summed E-state index contributed by atoms with van der Waals surface area (Å²) < 4.78 is 2.21. The third kappa shape index (κ3) is 3.11. The highest BCUT2D eigenvalue weighted by Gasteiger charge is 2.06. The molecule has 0 amide bonds. The molecule has 0 bridgehead atoms. The van der Waals surface area contributed by atoms with E-state index in [-0.39, 0.29) is 0 Å². The van der Waals surface area contributed by atoms with Crippen LogP contribution in [-0.2, 0) is 0 Å². The van der Waals surface area contributed by atoms with Crippen molar-refractivity contribution in [2.45, 2.75) is 6.92 Å². The minimum atomic E-state index is 0.948. The van der Waals surface area contributed by atoms with Crippen LogP contribution in [0.25, 0.3) is 0 Å². The van der Waals surface area contributed by atoms with Crippen LogP contribution < -0.4 is 4.90 Å². The van der Waals surface area contributed by atoms with Crippen LogP contribution in [0.1, 0.15) is 6.92 Å². The van der Waals surface area contributed by atoms with E-state index in [9.17, 15) is 0 Å². The summed E-state index contributed by atoms with van der Waals surface area (Å²) in [6.45, 7) is 3.10. The van der Waals surface area contributed by atoms with E-state index in [1.165, 1.54) is 11.4 Å².